The SMILES string of the molecule is CC1=NC(C)=C(C(=O)OCCO)C(c2ccccc2OCc2ccc(C)cc2)C1[N+](=O)[O-]. The van der Waals surface area contributed by atoms with E-state index >= 15 is 0 Å². The van der Waals surface area contributed by atoms with Gasteiger partial charge in [0.05, 0.1) is 23.8 Å². The van der Waals surface area contributed by atoms with Gasteiger partial charge in [-0.1, -0.05) is 48.0 Å². The van der Waals surface area contributed by atoms with E-state index in [0.29, 0.717) is 22.7 Å². The van der Waals surface area contributed by atoms with Crippen molar-refractivity contribution in [2.24, 2.45) is 4.99 Å². The summed E-state index contributed by atoms with van der Waals surface area (Å²) in [4.78, 5) is 28.7. The van der Waals surface area contributed by atoms with Gasteiger partial charge in [-0.2, -0.15) is 0 Å². The van der Waals surface area contributed by atoms with Gasteiger partial charge in [0.1, 0.15) is 19.0 Å². The van der Waals surface area contributed by atoms with E-state index in [1.54, 1.807) is 38.1 Å². The predicted molar refractivity (Wildman–Crippen MR) is 119 cm³/mol. The molecule has 0 bridgehead atoms. The summed E-state index contributed by atoms with van der Waals surface area (Å²) in [6.45, 7) is 4.91. The van der Waals surface area contributed by atoms with Crippen LogP contribution < -0.4 is 4.74 Å². The average molecular weight is 438 g/mol. The zero-order valence-corrected chi connectivity index (χ0v) is 18.3. The molecule has 0 fully saturated rings. The largest absolute Gasteiger partial charge is 0.489 e. The van der Waals surface area contributed by atoms with Gasteiger partial charge in [-0.05, 0) is 32.4 Å². The van der Waals surface area contributed by atoms with Gasteiger partial charge in [0.15, 0.2) is 0 Å². The van der Waals surface area contributed by atoms with Crippen LogP contribution in [0.5, 0.6) is 5.75 Å². The van der Waals surface area contributed by atoms with Crippen LogP contribution in [0.15, 0.2) is 64.8 Å². The van der Waals surface area contributed by atoms with Crippen LogP contribution in [-0.2, 0) is 16.1 Å². The molecular formula is C24H26N2O6. The molecule has 1 N–H and O–H groups in total. The number of para-hydroxylation sites is 1. The number of carbonyl (C=O) groups is 1. The third-order valence-corrected chi connectivity index (χ3v) is 5.33. The summed E-state index contributed by atoms with van der Waals surface area (Å²) in [5, 5.41) is 21.1. The minimum Gasteiger partial charge on any atom is -0.489 e. The van der Waals surface area contributed by atoms with Crippen molar-refractivity contribution in [3.63, 3.8) is 0 Å². The van der Waals surface area contributed by atoms with Crippen LogP contribution in [0.3, 0.4) is 0 Å². The van der Waals surface area contributed by atoms with Crippen molar-refractivity contribution in [3.8, 4) is 5.75 Å². The summed E-state index contributed by atoms with van der Waals surface area (Å²) in [7, 11) is 0. The second kappa shape index (κ2) is 10.2. The molecule has 2 aromatic rings. The van der Waals surface area contributed by atoms with Crippen molar-refractivity contribution in [1.82, 2.24) is 0 Å². The van der Waals surface area contributed by atoms with Gasteiger partial charge in [0.2, 0.25) is 0 Å². The second-order valence-electron chi connectivity index (χ2n) is 7.63. The van der Waals surface area contributed by atoms with E-state index in [-0.39, 0.29) is 25.4 Å². The smallest absolute Gasteiger partial charge is 0.336 e. The molecule has 32 heavy (non-hydrogen) atoms. The number of nitro groups is 1. The van der Waals surface area contributed by atoms with Crippen LogP contribution in [-0.4, -0.2) is 41.0 Å². The molecule has 0 radical (unpaired) electrons. The number of carbonyl (C=O) groups excluding carboxylic acids is 1. The van der Waals surface area contributed by atoms with E-state index in [4.69, 9.17) is 14.6 Å². The molecule has 0 amide bonds. The van der Waals surface area contributed by atoms with Crippen molar-refractivity contribution in [2.75, 3.05) is 13.2 Å². The van der Waals surface area contributed by atoms with E-state index in [9.17, 15) is 14.9 Å². The fourth-order valence-electron chi connectivity index (χ4n) is 3.82. The Morgan fingerprint density at radius 1 is 1.12 bits per heavy atom. The molecular weight excluding hydrogens is 412 g/mol. The lowest BCUT2D eigenvalue weighted by Gasteiger charge is -2.28. The highest BCUT2D eigenvalue weighted by Gasteiger charge is 2.45. The van der Waals surface area contributed by atoms with Crippen molar-refractivity contribution in [3.05, 3.63) is 86.6 Å². The zero-order valence-electron chi connectivity index (χ0n) is 18.3. The molecule has 2 atom stereocenters. The maximum absolute atomic E-state index is 12.8. The van der Waals surface area contributed by atoms with Crippen LogP contribution in [0.2, 0.25) is 0 Å². The third-order valence-electron chi connectivity index (χ3n) is 5.33. The quantitative estimate of drug-likeness (QED) is 0.383. The first-order valence-corrected chi connectivity index (χ1v) is 10.3. The number of ether oxygens (including phenoxy) is 2. The number of aliphatic hydroxyl groups excluding tert-OH is 1. The molecule has 3 rings (SSSR count). The first-order chi connectivity index (χ1) is 15.3. The molecule has 0 spiro atoms. The number of esters is 1. The molecule has 0 aromatic heterocycles. The number of aliphatic hydroxyl groups is 1. The Bertz CT molecular complexity index is 1060. The van der Waals surface area contributed by atoms with Gasteiger partial charge in [0, 0.05) is 16.2 Å². The summed E-state index contributed by atoms with van der Waals surface area (Å²) in [6.07, 6.45) is 0. The number of aryl methyl sites for hydroxylation is 1. The molecule has 8 heteroatoms. The average Bonchev–Trinajstić information content (AvgIpc) is 2.76. The highest BCUT2D eigenvalue weighted by molar-refractivity contribution is 5.98. The monoisotopic (exact) mass is 438 g/mol. The number of hydrogen-bond acceptors (Lipinski definition) is 7. The minimum absolute atomic E-state index is 0.0946. The van der Waals surface area contributed by atoms with Crippen molar-refractivity contribution in [1.29, 1.82) is 0 Å². The number of nitrogens with zero attached hydrogens (tertiary/aromatic N) is 2. The van der Waals surface area contributed by atoms with Gasteiger partial charge in [-0.3, -0.25) is 15.1 Å². The number of rotatable bonds is 8. The lowest BCUT2D eigenvalue weighted by atomic mass is 9.80. The summed E-state index contributed by atoms with van der Waals surface area (Å²) in [5.41, 5.74) is 3.33. The summed E-state index contributed by atoms with van der Waals surface area (Å²) in [6, 6.07) is 13.6. The number of aliphatic imine (C=N–C) groups is 1. The highest BCUT2D eigenvalue weighted by Crippen LogP contribution is 2.41. The first kappa shape index (κ1) is 23.1. The molecule has 0 saturated carbocycles. The molecule has 0 saturated heterocycles. The Morgan fingerprint density at radius 3 is 2.47 bits per heavy atom. The summed E-state index contributed by atoms with van der Waals surface area (Å²) < 4.78 is 11.2. The van der Waals surface area contributed by atoms with Gasteiger partial charge in [-0.25, -0.2) is 4.79 Å². The van der Waals surface area contributed by atoms with Gasteiger partial charge >= 0.3 is 5.97 Å². The molecule has 1 aliphatic heterocycles. The van der Waals surface area contributed by atoms with Crippen LogP contribution in [0.25, 0.3) is 0 Å². The molecule has 8 nitrogen and oxygen atoms in total. The summed E-state index contributed by atoms with van der Waals surface area (Å²) in [5.74, 6) is -1.24. The maximum atomic E-state index is 12.8. The Labute approximate surface area is 186 Å². The third kappa shape index (κ3) is 5.03. The zero-order chi connectivity index (χ0) is 23.3. The van der Waals surface area contributed by atoms with Crippen LogP contribution in [0.1, 0.15) is 36.5 Å². The Kier molecular flexibility index (Phi) is 7.37. The van der Waals surface area contributed by atoms with Gasteiger partial charge < -0.3 is 14.6 Å². The maximum Gasteiger partial charge on any atom is 0.336 e. The molecule has 0 aliphatic carbocycles. The number of allylic oxidation sites excluding steroid dienone is 1. The summed E-state index contributed by atoms with van der Waals surface area (Å²) >= 11 is 0. The molecule has 2 aromatic carbocycles. The standard InChI is InChI=1S/C24H26N2O6/c1-15-8-10-18(11-9-15)14-32-20-7-5-4-6-19(20)22-21(24(28)31-13-12-27)16(2)25-17(3)23(22)26(29)30/h4-11,22-23,27H,12-14H2,1-3H3. The number of benzene rings is 2. The molecule has 1 heterocycles. The Balaban J connectivity index is 2.03. The van der Waals surface area contributed by atoms with Crippen molar-refractivity contribution >= 4 is 11.7 Å². The van der Waals surface area contributed by atoms with E-state index in [2.05, 4.69) is 4.99 Å². The first-order valence-electron chi connectivity index (χ1n) is 10.3. The van der Waals surface area contributed by atoms with Gasteiger partial charge in [0.25, 0.3) is 6.04 Å². The Morgan fingerprint density at radius 2 is 1.81 bits per heavy atom. The fraction of sp³-hybridized carbons (Fsp3) is 0.333. The highest BCUT2D eigenvalue weighted by atomic mass is 16.6. The minimum atomic E-state index is -1.25. The molecule has 1 aliphatic rings. The van der Waals surface area contributed by atoms with Crippen LogP contribution >= 0.6 is 0 Å². The topological polar surface area (TPSA) is 111 Å². The van der Waals surface area contributed by atoms with E-state index < -0.39 is 22.9 Å². The lowest BCUT2D eigenvalue weighted by Crippen LogP contribution is -2.40. The number of hydrogen-bond donors (Lipinski definition) is 1. The van der Waals surface area contributed by atoms with Crippen molar-refractivity contribution < 1.29 is 24.3 Å². The van der Waals surface area contributed by atoms with Crippen molar-refractivity contribution in [2.45, 2.75) is 39.3 Å². The van der Waals surface area contributed by atoms with E-state index in [1.165, 1.54) is 0 Å². The van der Waals surface area contributed by atoms with E-state index in [1.807, 2.05) is 31.2 Å². The Hall–Kier alpha value is -3.52. The van der Waals surface area contributed by atoms with Crippen LogP contribution in [0, 0.1) is 17.0 Å². The van der Waals surface area contributed by atoms with E-state index in [0.717, 1.165) is 11.1 Å². The second-order valence-corrected chi connectivity index (χ2v) is 7.63. The predicted octanol–water partition coefficient (Wildman–Crippen LogP) is 3.59. The normalized spacial score (nSPS) is 18.2. The molecule has 168 valence electrons. The lowest BCUT2D eigenvalue weighted by molar-refractivity contribution is -0.505. The van der Waals surface area contributed by atoms with Gasteiger partial charge in [-0.15, -0.1) is 0 Å². The molecule has 2 unspecified atom stereocenters. The fourth-order valence-corrected chi connectivity index (χ4v) is 3.82. The van der Waals surface area contributed by atoms with Crippen LogP contribution in [0.4, 0.5) is 0 Å².